The average molecular weight is 275 g/mol. The van der Waals surface area contributed by atoms with Gasteiger partial charge in [-0.25, -0.2) is 0 Å². The second kappa shape index (κ2) is 6.38. The summed E-state index contributed by atoms with van der Waals surface area (Å²) in [5.74, 6) is 0.822. The van der Waals surface area contributed by atoms with Crippen molar-refractivity contribution in [2.24, 2.45) is 0 Å². The van der Waals surface area contributed by atoms with Crippen LogP contribution >= 0.6 is 11.3 Å². The maximum atomic E-state index is 11.9. The smallest absolute Gasteiger partial charge is 0.224 e. The number of hydrogen-bond acceptors (Lipinski definition) is 3. The molecule has 2 aromatic rings. The molecule has 0 bridgehead atoms. The molecular weight excluding hydrogens is 258 g/mol. The first kappa shape index (κ1) is 13.6. The molecule has 1 aromatic carbocycles. The molecule has 0 aliphatic rings. The summed E-state index contributed by atoms with van der Waals surface area (Å²) < 4.78 is 5.30. The number of ether oxygens (including phenoxy) is 1. The molecule has 4 heteroatoms. The van der Waals surface area contributed by atoms with Crippen LogP contribution in [0.3, 0.4) is 0 Å². The van der Waals surface area contributed by atoms with Crippen molar-refractivity contribution in [3.63, 3.8) is 0 Å². The van der Waals surface area contributed by atoms with Crippen LogP contribution in [0.4, 0.5) is 0 Å². The number of hydrogen-bond donors (Lipinski definition) is 1. The molecule has 1 aromatic heterocycles. The van der Waals surface area contributed by atoms with Crippen LogP contribution in [0, 0.1) is 0 Å². The third-order valence-electron chi connectivity index (χ3n) is 2.93. The molecular formula is C15H17NO2S. The fourth-order valence-corrected chi connectivity index (χ4v) is 2.64. The number of carbonyl (C=O) groups is 1. The van der Waals surface area contributed by atoms with Gasteiger partial charge >= 0.3 is 0 Å². The second-order valence-corrected chi connectivity index (χ2v) is 5.12. The Morgan fingerprint density at radius 3 is 2.84 bits per heavy atom. The van der Waals surface area contributed by atoms with E-state index >= 15 is 0 Å². The molecule has 0 saturated carbocycles. The van der Waals surface area contributed by atoms with Gasteiger partial charge in [0.15, 0.2) is 0 Å². The molecule has 1 N–H and O–H groups in total. The maximum Gasteiger partial charge on any atom is 0.224 e. The molecule has 1 amide bonds. The Balaban J connectivity index is 2.00. The number of carbonyl (C=O) groups excluding carboxylic acids is 1. The largest absolute Gasteiger partial charge is 0.496 e. The van der Waals surface area contributed by atoms with Gasteiger partial charge < -0.3 is 10.1 Å². The quantitative estimate of drug-likeness (QED) is 0.910. The Hall–Kier alpha value is -1.81. The summed E-state index contributed by atoms with van der Waals surface area (Å²) in [5.41, 5.74) is 2.04. The van der Waals surface area contributed by atoms with Crippen molar-refractivity contribution >= 4 is 17.2 Å². The van der Waals surface area contributed by atoms with Crippen LogP contribution in [0.1, 0.15) is 24.1 Å². The van der Waals surface area contributed by atoms with Crippen molar-refractivity contribution in [2.45, 2.75) is 19.4 Å². The van der Waals surface area contributed by atoms with Crippen LogP contribution in [0.25, 0.3) is 0 Å². The zero-order chi connectivity index (χ0) is 13.7. The lowest BCUT2D eigenvalue weighted by molar-refractivity contribution is -0.121. The average Bonchev–Trinajstić information content (AvgIpc) is 2.91. The van der Waals surface area contributed by atoms with E-state index in [1.165, 1.54) is 0 Å². The summed E-state index contributed by atoms with van der Waals surface area (Å²) in [6, 6.07) is 9.63. The summed E-state index contributed by atoms with van der Waals surface area (Å²) >= 11 is 1.60. The van der Waals surface area contributed by atoms with Gasteiger partial charge in [-0.2, -0.15) is 11.3 Å². The topological polar surface area (TPSA) is 38.3 Å². The monoisotopic (exact) mass is 275 g/mol. The summed E-state index contributed by atoms with van der Waals surface area (Å²) in [7, 11) is 1.64. The van der Waals surface area contributed by atoms with E-state index in [-0.39, 0.29) is 11.9 Å². The fraction of sp³-hybridized carbons (Fsp3) is 0.267. The highest BCUT2D eigenvalue weighted by molar-refractivity contribution is 7.07. The van der Waals surface area contributed by atoms with Crippen LogP contribution in [0.2, 0.25) is 0 Å². The molecule has 0 aliphatic heterocycles. The van der Waals surface area contributed by atoms with Crippen LogP contribution in [-0.4, -0.2) is 13.0 Å². The third-order valence-corrected chi connectivity index (χ3v) is 3.66. The van der Waals surface area contributed by atoms with E-state index in [4.69, 9.17) is 4.74 Å². The number of methoxy groups -OCH3 is 1. The van der Waals surface area contributed by atoms with Crippen molar-refractivity contribution in [1.29, 1.82) is 0 Å². The minimum absolute atomic E-state index is 0.0248. The van der Waals surface area contributed by atoms with E-state index in [9.17, 15) is 4.79 Å². The molecule has 0 fully saturated rings. The summed E-state index contributed by atoms with van der Waals surface area (Å²) in [6.07, 6.45) is 0.420. The van der Waals surface area contributed by atoms with Crippen molar-refractivity contribution in [1.82, 2.24) is 5.32 Å². The van der Waals surface area contributed by atoms with E-state index in [0.29, 0.717) is 6.42 Å². The Kier molecular flexibility index (Phi) is 4.58. The molecule has 0 saturated heterocycles. The lowest BCUT2D eigenvalue weighted by Gasteiger charge is -2.17. The van der Waals surface area contributed by atoms with Gasteiger partial charge in [-0.3, -0.25) is 4.79 Å². The number of benzene rings is 1. The minimum Gasteiger partial charge on any atom is -0.496 e. The Labute approximate surface area is 117 Å². The van der Waals surface area contributed by atoms with Crippen LogP contribution < -0.4 is 10.1 Å². The minimum atomic E-state index is -0.0673. The number of amides is 1. The fourth-order valence-electron chi connectivity index (χ4n) is 1.97. The molecule has 3 nitrogen and oxygen atoms in total. The maximum absolute atomic E-state index is 11.9. The molecule has 0 spiro atoms. The van der Waals surface area contributed by atoms with E-state index in [1.54, 1.807) is 18.4 Å². The van der Waals surface area contributed by atoms with E-state index in [1.807, 2.05) is 48.0 Å². The van der Waals surface area contributed by atoms with Gasteiger partial charge in [0.1, 0.15) is 5.75 Å². The molecule has 1 heterocycles. The van der Waals surface area contributed by atoms with Crippen molar-refractivity contribution in [3.8, 4) is 5.75 Å². The molecule has 2 rings (SSSR count). The van der Waals surface area contributed by atoms with Crippen LogP contribution in [0.15, 0.2) is 41.1 Å². The second-order valence-electron chi connectivity index (χ2n) is 4.34. The van der Waals surface area contributed by atoms with E-state index < -0.39 is 0 Å². The van der Waals surface area contributed by atoms with Crippen molar-refractivity contribution in [2.75, 3.05) is 7.11 Å². The van der Waals surface area contributed by atoms with Crippen molar-refractivity contribution < 1.29 is 9.53 Å². The predicted octanol–water partition coefficient (Wildman–Crippen LogP) is 3.18. The molecule has 0 aliphatic carbocycles. The van der Waals surface area contributed by atoms with E-state index in [2.05, 4.69) is 5.32 Å². The Morgan fingerprint density at radius 1 is 1.37 bits per heavy atom. The van der Waals surface area contributed by atoms with Gasteiger partial charge in [-0.05, 0) is 35.4 Å². The summed E-state index contributed by atoms with van der Waals surface area (Å²) in [4.78, 5) is 11.9. The Bertz CT molecular complexity index is 537. The standard InChI is InChI=1S/C15H17NO2S/c1-11(13-5-3-4-6-14(13)18-2)16-15(17)9-12-7-8-19-10-12/h3-8,10-11H,9H2,1-2H3,(H,16,17)/t11-/m1/s1. The highest BCUT2D eigenvalue weighted by atomic mass is 32.1. The van der Waals surface area contributed by atoms with Crippen LogP contribution in [-0.2, 0) is 11.2 Å². The van der Waals surface area contributed by atoms with Crippen LogP contribution in [0.5, 0.6) is 5.75 Å². The first-order valence-corrected chi connectivity index (χ1v) is 7.08. The van der Waals surface area contributed by atoms with Gasteiger partial charge in [0.2, 0.25) is 5.91 Å². The van der Waals surface area contributed by atoms with Gasteiger partial charge in [0, 0.05) is 5.56 Å². The number of para-hydroxylation sites is 1. The SMILES string of the molecule is COc1ccccc1[C@@H](C)NC(=O)Cc1ccsc1. The zero-order valence-corrected chi connectivity index (χ0v) is 11.9. The summed E-state index contributed by atoms with van der Waals surface area (Å²) in [6.45, 7) is 1.96. The highest BCUT2D eigenvalue weighted by Crippen LogP contribution is 2.24. The highest BCUT2D eigenvalue weighted by Gasteiger charge is 2.13. The predicted molar refractivity (Wildman–Crippen MR) is 77.6 cm³/mol. The first-order valence-electron chi connectivity index (χ1n) is 6.14. The first-order chi connectivity index (χ1) is 9.20. The Morgan fingerprint density at radius 2 is 2.16 bits per heavy atom. The number of rotatable bonds is 5. The zero-order valence-electron chi connectivity index (χ0n) is 11.1. The van der Waals surface area contributed by atoms with Crippen molar-refractivity contribution in [3.05, 3.63) is 52.2 Å². The summed E-state index contributed by atoms with van der Waals surface area (Å²) in [5, 5.41) is 6.97. The molecule has 0 radical (unpaired) electrons. The number of thiophene rings is 1. The van der Waals surface area contributed by atoms with E-state index in [0.717, 1.165) is 16.9 Å². The normalized spacial score (nSPS) is 11.9. The van der Waals surface area contributed by atoms with Gasteiger partial charge in [-0.15, -0.1) is 0 Å². The molecule has 0 unspecified atom stereocenters. The lowest BCUT2D eigenvalue weighted by atomic mass is 10.1. The van der Waals surface area contributed by atoms with Gasteiger partial charge in [-0.1, -0.05) is 18.2 Å². The lowest BCUT2D eigenvalue weighted by Crippen LogP contribution is -2.28. The van der Waals surface area contributed by atoms with Gasteiger partial charge in [0.05, 0.1) is 19.6 Å². The third kappa shape index (κ3) is 3.58. The molecule has 19 heavy (non-hydrogen) atoms. The number of nitrogens with one attached hydrogen (secondary N) is 1. The molecule has 1 atom stereocenters. The molecule has 100 valence electrons. The van der Waals surface area contributed by atoms with Gasteiger partial charge in [0.25, 0.3) is 0 Å².